The quantitative estimate of drug-likeness (QED) is 0.226. The number of nitrogens with one attached hydrogen (secondary N) is 3. The Balaban J connectivity index is 1.35. The molecule has 1 unspecified atom stereocenters. The molecule has 1 aromatic heterocycles. The molecule has 7 nitrogen and oxygen atoms in total. The van der Waals surface area contributed by atoms with Gasteiger partial charge in [0.25, 0.3) is 5.91 Å². The molecule has 1 aliphatic heterocycles. The minimum absolute atomic E-state index is 0.235. The third kappa shape index (κ3) is 7.96. The number of amides is 1. The van der Waals surface area contributed by atoms with Crippen molar-refractivity contribution < 1.29 is 27.8 Å². The van der Waals surface area contributed by atoms with Crippen molar-refractivity contribution in [3.8, 4) is 17.6 Å². The number of benzene rings is 3. The molecule has 4 aromatic rings. The van der Waals surface area contributed by atoms with E-state index in [1.165, 1.54) is 17.7 Å². The average Bonchev–Trinajstić information content (AvgIpc) is 3.39. The largest absolute Gasteiger partial charge is 0.573 e. The van der Waals surface area contributed by atoms with Crippen molar-refractivity contribution >= 4 is 16.8 Å². The number of piperazine rings is 1. The zero-order valence-corrected chi connectivity index (χ0v) is 23.7. The lowest BCUT2D eigenvalue weighted by Gasteiger charge is -2.29. The normalized spacial score (nSPS) is 15.4. The van der Waals surface area contributed by atoms with Gasteiger partial charge in [0, 0.05) is 61.0 Å². The smallest absolute Gasteiger partial charge is 0.405 e. The van der Waals surface area contributed by atoms with E-state index in [-0.39, 0.29) is 12.0 Å². The van der Waals surface area contributed by atoms with E-state index in [9.17, 15) is 23.1 Å². The average molecular weight is 591 g/mol. The highest BCUT2D eigenvalue weighted by molar-refractivity contribution is 5.98. The third-order valence-electron chi connectivity index (χ3n) is 7.39. The van der Waals surface area contributed by atoms with Crippen molar-refractivity contribution in [1.82, 2.24) is 20.5 Å². The fourth-order valence-electron chi connectivity index (χ4n) is 5.14. The predicted octanol–water partition coefficient (Wildman–Crippen LogP) is 4.60. The minimum atomic E-state index is -5.00. The molecule has 10 heteroatoms. The number of para-hydroxylation sites is 1. The Labute approximate surface area is 248 Å². The van der Waals surface area contributed by atoms with Gasteiger partial charge in [-0.25, -0.2) is 0 Å². The zero-order valence-electron chi connectivity index (χ0n) is 23.7. The number of carbonyl (C=O) groups excluding carboxylic acids is 1. The van der Waals surface area contributed by atoms with Gasteiger partial charge in [0.15, 0.2) is 0 Å². The Bertz CT molecular complexity index is 1630. The van der Waals surface area contributed by atoms with Gasteiger partial charge in [-0.1, -0.05) is 42.2 Å². The molecule has 0 radical (unpaired) electrons. The van der Waals surface area contributed by atoms with Crippen LogP contribution in [0, 0.1) is 11.8 Å². The molecule has 1 atom stereocenters. The summed E-state index contributed by atoms with van der Waals surface area (Å²) in [6, 6.07) is 19.1. The number of hydrogen-bond acceptors (Lipinski definition) is 5. The lowest BCUT2D eigenvalue weighted by Crippen LogP contribution is -2.50. The van der Waals surface area contributed by atoms with Gasteiger partial charge in [-0.3, -0.25) is 9.69 Å². The lowest BCUT2D eigenvalue weighted by atomic mass is 9.92. The van der Waals surface area contributed by atoms with Crippen LogP contribution in [0.4, 0.5) is 13.2 Å². The summed E-state index contributed by atoms with van der Waals surface area (Å²) in [6.07, 6.45) is -2.98. The Morgan fingerprint density at radius 2 is 1.72 bits per heavy atom. The molecule has 1 aliphatic rings. The summed E-state index contributed by atoms with van der Waals surface area (Å²) in [5.41, 5.74) is 2.47. The van der Waals surface area contributed by atoms with E-state index in [0.29, 0.717) is 5.56 Å². The summed E-state index contributed by atoms with van der Waals surface area (Å²) in [5, 5.41) is 17.2. The van der Waals surface area contributed by atoms with E-state index < -0.39 is 30.2 Å². The summed E-state index contributed by atoms with van der Waals surface area (Å²) in [4.78, 5) is 18.9. The van der Waals surface area contributed by atoms with Gasteiger partial charge in [0.05, 0.1) is 17.7 Å². The molecular weight excluding hydrogens is 557 g/mol. The first-order chi connectivity index (χ1) is 20.6. The van der Waals surface area contributed by atoms with Crippen LogP contribution >= 0.6 is 0 Å². The van der Waals surface area contributed by atoms with E-state index in [2.05, 4.69) is 37.1 Å². The first-order valence-electron chi connectivity index (χ1n) is 14.0. The van der Waals surface area contributed by atoms with Gasteiger partial charge in [0.1, 0.15) is 5.75 Å². The number of ether oxygens (including phenoxy) is 1. The van der Waals surface area contributed by atoms with Crippen LogP contribution in [0.1, 0.15) is 39.5 Å². The van der Waals surface area contributed by atoms with Crippen molar-refractivity contribution in [2.75, 3.05) is 32.8 Å². The van der Waals surface area contributed by atoms with Gasteiger partial charge in [0.2, 0.25) is 0 Å². The van der Waals surface area contributed by atoms with E-state index in [1.54, 1.807) is 13.1 Å². The molecule has 1 saturated heterocycles. The summed E-state index contributed by atoms with van der Waals surface area (Å²) in [5.74, 6) is 4.49. The first kappa shape index (κ1) is 30.2. The maximum atomic E-state index is 13.4. The number of aliphatic hydroxyl groups excluding tert-OH is 1. The van der Waals surface area contributed by atoms with Crippen LogP contribution in [0.5, 0.6) is 5.75 Å². The molecule has 0 saturated carbocycles. The second-order valence-corrected chi connectivity index (χ2v) is 10.9. The molecule has 224 valence electrons. The highest BCUT2D eigenvalue weighted by atomic mass is 19.4. The SMILES string of the molecule is CC(CO)(Cc1c[nH]c2ccccc12)NC(=O)c1cc(C#Cc2ccc(CN3CCNCC3)cc2)ccc1OC(F)(F)F. The predicted molar refractivity (Wildman–Crippen MR) is 159 cm³/mol. The van der Waals surface area contributed by atoms with Crippen LogP contribution in [0.3, 0.4) is 0 Å². The zero-order chi connectivity index (χ0) is 30.5. The second kappa shape index (κ2) is 12.9. The van der Waals surface area contributed by atoms with Gasteiger partial charge in [-0.2, -0.15) is 0 Å². The molecule has 1 amide bonds. The number of aromatic nitrogens is 1. The number of carbonyl (C=O) groups is 1. The number of H-pyrrole nitrogens is 1. The fraction of sp³-hybridized carbons (Fsp3) is 0.303. The van der Waals surface area contributed by atoms with Crippen LogP contribution in [-0.4, -0.2) is 65.6 Å². The highest BCUT2D eigenvalue weighted by Crippen LogP contribution is 2.29. The number of nitrogens with zero attached hydrogens (tertiary/aromatic N) is 1. The summed E-state index contributed by atoms with van der Waals surface area (Å²) in [6.45, 7) is 5.96. The number of hydrogen-bond donors (Lipinski definition) is 4. The molecule has 5 rings (SSSR count). The fourth-order valence-corrected chi connectivity index (χ4v) is 5.14. The number of aliphatic hydroxyl groups is 1. The van der Waals surface area contributed by atoms with Crippen molar-refractivity contribution in [3.05, 3.63) is 101 Å². The van der Waals surface area contributed by atoms with Crippen molar-refractivity contribution in [1.29, 1.82) is 0 Å². The Kier molecular flexibility index (Phi) is 9.06. The van der Waals surface area contributed by atoms with Crippen LogP contribution in [0.15, 0.2) is 72.9 Å². The highest BCUT2D eigenvalue weighted by Gasteiger charge is 2.34. The molecule has 2 heterocycles. The Morgan fingerprint density at radius 1 is 1.02 bits per heavy atom. The first-order valence-corrected chi connectivity index (χ1v) is 14.0. The molecule has 0 spiro atoms. The summed E-state index contributed by atoms with van der Waals surface area (Å²) >= 11 is 0. The van der Waals surface area contributed by atoms with Crippen molar-refractivity contribution in [2.24, 2.45) is 0 Å². The molecule has 0 bridgehead atoms. The van der Waals surface area contributed by atoms with Gasteiger partial charge in [-0.15, -0.1) is 13.2 Å². The van der Waals surface area contributed by atoms with Crippen LogP contribution in [0.25, 0.3) is 10.9 Å². The van der Waals surface area contributed by atoms with Gasteiger partial charge in [-0.05, 0) is 60.9 Å². The van der Waals surface area contributed by atoms with Crippen LogP contribution < -0.4 is 15.4 Å². The van der Waals surface area contributed by atoms with Crippen molar-refractivity contribution in [3.63, 3.8) is 0 Å². The van der Waals surface area contributed by atoms with E-state index in [1.807, 2.05) is 48.5 Å². The van der Waals surface area contributed by atoms with E-state index >= 15 is 0 Å². The summed E-state index contributed by atoms with van der Waals surface area (Å²) in [7, 11) is 0. The number of alkyl halides is 3. The molecule has 4 N–H and O–H groups in total. The van der Waals surface area contributed by atoms with E-state index in [4.69, 9.17) is 0 Å². The summed E-state index contributed by atoms with van der Waals surface area (Å²) < 4.78 is 43.8. The Hall–Kier alpha value is -4.30. The topological polar surface area (TPSA) is 89.6 Å². The second-order valence-electron chi connectivity index (χ2n) is 10.9. The van der Waals surface area contributed by atoms with Crippen LogP contribution in [-0.2, 0) is 13.0 Å². The number of fused-ring (bicyclic) bond motifs is 1. The molecule has 0 aliphatic carbocycles. The number of rotatable bonds is 8. The number of aromatic amines is 1. The van der Waals surface area contributed by atoms with Crippen molar-refractivity contribution in [2.45, 2.75) is 31.8 Å². The molecular formula is C33H33F3N4O3. The molecule has 3 aromatic carbocycles. The molecule has 1 fully saturated rings. The van der Waals surface area contributed by atoms with Gasteiger partial charge < -0.3 is 25.5 Å². The minimum Gasteiger partial charge on any atom is -0.405 e. The molecule has 43 heavy (non-hydrogen) atoms. The third-order valence-corrected chi connectivity index (χ3v) is 7.39. The maximum Gasteiger partial charge on any atom is 0.573 e. The number of halogens is 3. The maximum absolute atomic E-state index is 13.4. The van der Waals surface area contributed by atoms with Crippen LogP contribution in [0.2, 0.25) is 0 Å². The monoisotopic (exact) mass is 590 g/mol. The standard InChI is InChI=1S/C33H33F3N4O3/c1-32(22-41,19-26-20-38-29-5-3-2-4-27(26)29)39-31(42)28-18-24(12-13-30(28)43-33(34,35)36)9-6-23-7-10-25(11-8-23)21-40-16-14-37-15-17-40/h2-5,7-8,10-13,18,20,37-38,41H,14-17,19,21-22H2,1H3,(H,39,42). The Morgan fingerprint density at radius 3 is 2.44 bits per heavy atom. The lowest BCUT2D eigenvalue weighted by molar-refractivity contribution is -0.274. The van der Waals surface area contributed by atoms with E-state index in [0.717, 1.165) is 60.8 Å². The van der Waals surface area contributed by atoms with Gasteiger partial charge >= 0.3 is 6.36 Å².